The lowest BCUT2D eigenvalue weighted by Crippen LogP contribution is -2.31. The standard InChI is InChI=1S/C15H18N2O2/c16-10-12-3-1-11(2-4-12)7-8-17-15(19)13-5-6-14(18)9-13/h1-4,13-14,18H,5-9H2,(H,17,19)/t13-,14-/m0/s1. The fourth-order valence-corrected chi connectivity index (χ4v) is 2.42. The van der Waals surface area contributed by atoms with Crippen molar-refractivity contribution in [3.05, 3.63) is 35.4 Å². The molecular weight excluding hydrogens is 240 g/mol. The lowest BCUT2D eigenvalue weighted by Gasteiger charge is -2.10. The van der Waals surface area contributed by atoms with Crippen molar-refractivity contribution in [1.29, 1.82) is 5.26 Å². The van der Waals surface area contributed by atoms with Gasteiger partial charge in [0.05, 0.1) is 17.7 Å². The molecule has 2 atom stereocenters. The first-order valence-corrected chi connectivity index (χ1v) is 6.64. The molecule has 0 unspecified atom stereocenters. The van der Waals surface area contributed by atoms with Crippen LogP contribution < -0.4 is 5.32 Å². The Morgan fingerprint density at radius 3 is 2.68 bits per heavy atom. The van der Waals surface area contributed by atoms with Crippen LogP contribution in [0.3, 0.4) is 0 Å². The van der Waals surface area contributed by atoms with E-state index in [1.165, 1.54) is 0 Å². The largest absolute Gasteiger partial charge is 0.393 e. The Kier molecular flexibility index (Phi) is 4.53. The van der Waals surface area contributed by atoms with Crippen molar-refractivity contribution in [2.45, 2.75) is 31.8 Å². The number of amides is 1. The lowest BCUT2D eigenvalue weighted by atomic mass is 10.1. The predicted molar refractivity (Wildman–Crippen MR) is 71.2 cm³/mol. The molecule has 0 aromatic heterocycles. The molecule has 1 aromatic rings. The minimum atomic E-state index is -0.311. The Balaban J connectivity index is 1.74. The minimum absolute atomic E-state index is 0.0315. The van der Waals surface area contributed by atoms with Gasteiger partial charge in [-0.2, -0.15) is 5.26 Å². The normalized spacial score (nSPS) is 21.9. The molecule has 0 bridgehead atoms. The number of nitrogens with zero attached hydrogens (tertiary/aromatic N) is 1. The highest BCUT2D eigenvalue weighted by molar-refractivity contribution is 5.78. The maximum Gasteiger partial charge on any atom is 0.223 e. The van der Waals surface area contributed by atoms with Gasteiger partial charge in [0.1, 0.15) is 0 Å². The van der Waals surface area contributed by atoms with E-state index in [-0.39, 0.29) is 17.9 Å². The number of benzene rings is 1. The van der Waals surface area contributed by atoms with E-state index in [1.807, 2.05) is 12.1 Å². The van der Waals surface area contributed by atoms with Gasteiger partial charge in [0, 0.05) is 12.5 Å². The van der Waals surface area contributed by atoms with Crippen molar-refractivity contribution in [2.24, 2.45) is 5.92 Å². The summed E-state index contributed by atoms with van der Waals surface area (Å²) in [5, 5.41) is 21.0. The number of carbonyl (C=O) groups excluding carboxylic acids is 1. The molecule has 1 aliphatic carbocycles. The van der Waals surface area contributed by atoms with Crippen molar-refractivity contribution < 1.29 is 9.90 Å². The van der Waals surface area contributed by atoms with Crippen molar-refractivity contribution in [3.63, 3.8) is 0 Å². The number of carbonyl (C=O) groups is 1. The van der Waals surface area contributed by atoms with Crippen LogP contribution in [-0.2, 0) is 11.2 Å². The first-order chi connectivity index (χ1) is 9.19. The average molecular weight is 258 g/mol. The summed E-state index contributed by atoms with van der Waals surface area (Å²) in [7, 11) is 0. The Labute approximate surface area is 113 Å². The van der Waals surface area contributed by atoms with Gasteiger partial charge in [0.2, 0.25) is 5.91 Å². The van der Waals surface area contributed by atoms with E-state index in [0.29, 0.717) is 18.5 Å². The molecule has 1 fully saturated rings. The number of aliphatic hydroxyl groups excluding tert-OH is 1. The zero-order valence-corrected chi connectivity index (χ0v) is 10.8. The van der Waals surface area contributed by atoms with Crippen LogP contribution in [0.4, 0.5) is 0 Å². The van der Waals surface area contributed by atoms with Crippen molar-refractivity contribution in [3.8, 4) is 6.07 Å². The van der Waals surface area contributed by atoms with Gasteiger partial charge in [-0.25, -0.2) is 0 Å². The zero-order chi connectivity index (χ0) is 13.7. The van der Waals surface area contributed by atoms with Crippen molar-refractivity contribution in [2.75, 3.05) is 6.54 Å². The average Bonchev–Trinajstić information content (AvgIpc) is 2.86. The van der Waals surface area contributed by atoms with Crippen molar-refractivity contribution >= 4 is 5.91 Å². The number of hydrogen-bond donors (Lipinski definition) is 2. The molecule has 1 aliphatic rings. The summed E-state index contributed by atoms with van der Waals surface area (Å²) in [5.74, 6) is 0.0150. The molecule has 4 nitrogen and oxygen atoms in total. The molecule has 1 aromatic carbocycles. The highest BCUT2D eigenvalue weighted by atomic mass is 16.3. The van der Waals surface area contributed by atoms with Gasteiger partial charge in [-0.05, 0) is 43.4 Å². The van der Waals surface area contributed by atoms with Gasteiger partial charge in [-0.1, -0.05) is 12.1 Å². The number of rotatable bonds is 4. The third-order valence-corrected chi connectivity index (χ3v) is 3.57. The lowest BCUT2D eigenvalue weighted by molar-refractivity contribution is -0.125. The first kappa shape index (κ1) is 13.6. The first-order valence-electron chi connectivity index (χ1n) is 6.64. The van der Waals surface area contributed by atoms with E-state index in [4.69, 9.17) is 5.26 Å². The third kappa shape index (κ3) is 3.80. The molecule has 0 aliphatic heterocycles. The molecule has 2 rings (SSSR count). The molecule has 0 radical (unpaired) electrons. The fourth-order valence-electron chi connectivity index (χ4n) is 2.42. The summed E-state index contributed by atoms with van der Waals surface area (Å²) in [6.45, 7) is 0.595. The number of aliphatic hydroxyl groups is 1. The molecule has 2 N–H and O–H groups in total. The summed E-state index contributed by atoms with van der Waals surface area (Å²) < 4.78 is 0. The zero-order valence-electron chi connectivity index (χ0n) is 10.8. The number of nitrogens with one attached hydrogen (secondary N) is 1. The van der Waals surface area contributed by atoms with E-state index in [0.717, 1.165) is 24.8 Å². The summed E-state index contributed by atoms with van der Waals surface area (Å²) in [4.78, 5) is 11.8. The smallest absolute Gasteiger partial charge is 0.223 e. The van der Waals surface area contributed by atoms with Crippen LogP contribution in [0.15, 0.2) is 24.3 Å². The topological polar surface area (TPSA) is 73.1 Å². The molecule has 19 heavy (non-hydrogen) atoms. The van der Waals surface area contributed by atoms with E-state index in [1.54, 1.807) is 12.1 Å². The van der Waals surface area contributed by atoms with E-state index in [2.05, 4.69) is 11.4 Å². The van der Waals surface area contributed by atoms with Gasteiger partial charge in [-0.15, -0.1) is 0 Å². The van der Waals surface area contributed by atoms with E-state index in [9.17, 15) is 9.90 Å². The van der Waals surface area contributed by atoms with Crippen LogP contribution in [0.2, 0.25) is 0 Å². The summed E-state index contributed by atoms with van der Waals surface area (Å²) in [6.07, 6.45) is 2.54. The highest BCUT2D eigenvalue weighted by Crippen LogP contribution is 2.25. The monoisotopic (exact) mass is 258 g/mol. The second kappa shape index (κ2) is 6.35. The molecular formula is C15H18N2O2. The summed E-state index contributed by atoms with van der Waals surface area (Å²) in [5.41, 5.74) is 1.75. The second-order valence-corrected chi connectivity index (χ2v) is 5.01. The predicted octanol–water partition coefficient (Wildman–Crippen LogP) is 1.38. The molecule has 100 valence electrons. The third-order valence-electron chi connectivity index (χ3n) is 3.57. The van der Waals surface area contributed by atoms with Crippen molar-refractivity contribution in [1.82, 2.24) is 5.32 Å². The summed E-state index contributed by atoms with van der Waals surface area (Å²) >= 11 is 0. The minimum Gasteiger partial charge on any atom is -0.393 e. The Bertz CT molecular complexity index is 476. The maximum absolute atomic E-state index is 11.8. The number of hydrogen-bond acceptors (Lipinski definition) is 3. The Morgan fingerprint density at radius 1 is 1.37 bits per heavy atom. The van der Waals surface area contributed by atoms with Crippen LogP contribution in [0.5, 0.6) is 0 Å². The van der Waals surface area contributed by atoms with E-state index >= 15 is 0 Å². The maximum atomic E-state index is 11.8. The molecule has 1 amide bonds. The van der Waals surface area contributed by atoms with Crippen LogP contribution in [0.25, 0.3) is 0 Å². The second-order valence-electron chi connectivity index (χ2n) is 5.01. The molecule has 1 saturated carbocycles. The van der Waals surface area contributed by atoms with Gasteiger partial charge in [0.15, 0.2) is 0 Å². The van der Waals surface area contributed by atoms with Crippen LogP contribution >= 0.6 is 0 Å². The quantitative estimate of drug-likeness (QED) is 0.857. The van der Waals surface area contributed by atoms with E-state index < -0.39 is 0 Å². The van der Waals surface area contributed by atoms with Gasteiger partial charge >= 0.3 is 0 Å². The Hall–Kier alpha value is -1.86. The molecule has 4 heteroatoms. The molecule has 0 heterocycles. The van der Waals surface area contributed by atoms with Gasteiger partial charge < -0.3 is 10.4 Å². The van der Waals surface area contributed by atoms with Gasteiger partial charge in [-0.3, -0.25) is 4.79 Å². The van der Waals surface area contributed by atoms with Crippen LogP contribution in [-0.4, -0.2) is 23.7 Å². The van der Waals surface area contributed by atoms with Crippen LogP contribution in [0, 0.1) is 17.2 Å². The molecule has 0 saturated heterocycles. The number of nitriles is 1. The summed E-state index contributed by atoms with van der Waals surface area (Å²) in [6, 6.07) is 9.45. The van der Waals surface area contributed by atoms with Gasteiger partial charge in [0.25, 0.3) is 0 Å². The Morgan fingerprint density at radius 2 is 2.11 bits per heavy atom. The molecule has 0 spiro atoms. The SMILES string of the molecule is N#Cc1ccc(CCNC(=O)[C@H]2CC[C@H](O)C2)cc1. The van der Waals surface area contributed by atoms with Crippen LogP contribution in [0.1, 0.15) is 30.4 Å². The fraction of sp³-hybridized carbons (Fsp3) is 0.467. The highest BCUT2D eigenvalue weighted by Gasteiger charge is 2.28.